The van der Waals surface area contributed by atoms with Crippen molar-refractivity contribution in [3.05, 3.63) is 34.9 Å². The summed E-state index contributed by atoms with van der Waals surface area (Å²) in [6.45, 7) is 7.97. The summed E-state index contributed by atoms with van der Waals surface area (Å²) in [5, 5.41) is -0.306. The molecule has 0 fully saturated rings. The smallest absolute Gasteiger partial charge is 0.152 e. The lowest BCUT2D eigenvalue weighted by molar-refractivity contribution is -0.118. The Hall–Kier alpha value is -1.16. The van der Waals surface area contributed by atoms with E-state index in [9.17, 15) is 13.2 Å². The minimum atomic E-state index is -2.95. The fourth-order valence-corrected chi connectivity index (χ4v) is 4.83. The van der Waals surface area contributed by atoms with E-state index in [0.29, 0.717) is 31.1 Å². The fraction of sp³-hybridized carbons (Fsp3) is 0.667. The summed E-state index contributed by atoms with van der Waals surface area (Å²) in [5.74, 6) is 1.70. The second-order valence-corrected chi connectivity index (χ2v) is 10.6. The Kier molecular flexibility index (Phi) is 6.84. The average Bonchev–Trinajstić information content (AvgIpc) is 2.81. The van der Waals surface area contributed by atoms with Crippen LogP contribution in [0.25, 0.3) is 0 Å². The van der Waals surface area contributed by atoms with Crippen molar-refractivity contribution in [1.82, 2.24) is 0 Å². The molecule has 2 rings (SSSR count). The predicted octanol–water partition coefficient (Wildman–Crippen LogP) is 4.79. The number of Topliss-reactive ketones (excluding diaryl/α,β-unsaturated/α-hetero) is 1. The lowest BCUT2D eigenvalue weighted by Gasteiger charge is -2.09. The van der Waals surface area contributed by atoms with E-state index in [1.807, 2.05) is 0 Å². The van der Waals surface area contributed by atoms with E-state index in [2.05, 4.69) is 32.0 Å². The maximum Gasteiger partial charge on any atom is 0.152 e. The zero-order chi connectivity index (χ0) is 18.6. The number of fused-ring (bicyclic) bond motifs is 1. The van der Waals surface area contributed by atoms with Gasteiger partial charge in [-0.2, -0.15) is 0 Å². The van der Waals surface area contributed by atoms with E-state index in [4.69, 9.17) is 0 Å². The van der Waals surface area contributed by atoms with Crippen LogP contribution < -0.4 is 0 Å². The maximum atomic E-state index is 12.2. The van der Waals surface area contributed by atoms with Gasteiger partial charge in [-0.3, -0.25) is 4.79 Å². The highest BCUT2D eigenvalue weighted by atomic mass is 32.2. The molecule has 0 saturated heterocycles. The maximum absolute atomic E-state index is 12.2. The molecule has 0 aliphatic heterocycles. The number of benzene rings is 1. The number of rotatable bonds is 9. The first kappa shape index (κ1) is 20.2. The van der Waals surface area contributed by atoms with Gasteiger partial charge in [0.15, 0.2) is 9.84 Å². The minimum absolute atomic E-state index is 0.236. The molecule has 4 heteroatoms. The summed E-state index contributed by atoms with van der Waals surface area (Å²) in [6, 6.07) is 6.51. The summed E-state index contributed by atoms with van der Waals surface area (Å²) >= 11 is 0. The van der Waals surface area contributed by atoms with Crippen molar-refractivity contribution in [1.29, 1.82) is 0 Å². The van der Waals surface area contributed by atoms with Crippen LogP contribution in [0.1, 0.15) is 88.3 Å². The van der Waals surface area contributed by atoms with Crippen LogP contribution in [0.2, 0.25) is 0 Å². The third-order valence-corrected chi connectivity index (χ3v) is 7.72. The number of unbranched alkanes of at least 4 members (excludes halogenated alkanes) is 2. The highest BCUT2D eigenvalue weighted by molar-refractivity contribution is 7.91. The van der Waals surface area contributed by atoms with Gasteiger partial charge in [0, 0.05) is 12.8 Å². The van der Waals surface area contributed by atoms with Gasteiger partial charge in [0.2, 0.25) is 0 Å². The largest absolute Gasteiger partial charge is 0.299 e. The Morgan fingerprint density at radius 1 is 1.08 bits per heavy atom. The first-order chi connectivity index (χ1) is 11.7. The van der Waals surface area contributed by atoms with E-state index in [0.717, 1.165) is 18.4 Å². The molecular formula is C21H32O3S. The standard InChI is InChI=1S/C21H32O3S/c1-15(2)25(23,24)11-7-5-6-8-19(22)13-18-9-10-20-16(3)12-17(4)21(20)14-18/h9-10,14-17H,5-8,11-13H2,1-4H3. The summed E-state index contributed by atoms with van der Waals surface area (Å²) in [5.41, 5.74) is 3.97. The van der Waals surface area contributed by atoms with Gasteiger partial charge in [-0.1, -0.05) is 38.5 Å². The molecule has 1 aliphatic carbocycles. The van der Waals surface area contributed by atoms with Crippen LogP contribution in [0, 0.1) is 0 Å². The van der Waals surface area contributed by atoms with Crippen LogP contribution in [0.5, 0.6) is 0 Å². The summed E-state index contributed by atoms with van der Waals surface area (Å²) in [7, 11) is -2.95. The quantitative estimate of drug-likeness (QED) is 0.592. The molecule has 3 nitrogen and oxygen atoms in total. The number of carbonyl (C=O) groups is 1. The highest BCUT2D eigenvalue weighted by Crippen LogP contribution is 2.41. The van der Waals surface area contributed by atoms with E-state index in [1.54, 1.807) is 13.8 Å². The van der Waals surface area contributed by atoms with E-state index in [-0.39, 0.29) is 16.8 Å². The van der Waals surface area contributed by atoms with Crippen molar-refractivity contribution in [2.75, 3.05) is 5.75 Å². The zero-order valence-corrected chi connectivity index (χ0v) is 16.9. The van der Waals surface area contributed by atoms with Gasteiger partial charge < -0.3 is 0 Å². The molecule has 25 heavy (non-hydrogen) atoms. The van der Waals surface area contributed by atoms with Crippen molar-refractivity contribution in [3.8, 4) is 0 Å². The summed E-state index contributed by atoms with van der Waals surface area (Å²) < 4.78 is 23.5. The molecule has 0 amide bonds. The molecule has 0 aromatic heterocycles. The molecule has 0 N–H and O–H groups in total. The molecule has 2 atom stereocenters. The van der Waals surface area contributed by atoms with Crippen LogP contribution in [0.4, 0.5) is 0 Å². The Bertz CT molecular complexity index is 704. The molecule has 1 aromatic rings. The first-order valence-corrected chi connectivity index (χ1v) is 11.3. The van der Waals surface area contributed by atoms with Crippen molar-refractivity contribution in [2.24, 2.45) is 0 Å². The Morgan fingerprint density at radius 3 is 2.44 bits per heavy atom. The molecule has 140 valence electrons. The van der Waals surface area contributed by atoms with Crippen molar-refractivity contribution < 1.29 is 13.2 Å². The first-order valence-electron chi connectivity index (χ1n) is 9.56. The van der Waals surface area contributed by atoms with E-state index >= 15 is 0 Å². The predicted molar refractivity (Wildman–Crippen MR) is 104 cm³/mol. The van der Waals surface area contributed by atoms with Gasteiger partial charge in [-0.25, -0.2) is 8.42 Å². The Morgan fingerprint density at radius 2 is 1.76 bits per heavy atom. The fourth-order valence-electron chi connectivity index (χ4n) is 3.75. The van der Waals surface area contributed by atoms with Gasteiger partial charge in [0.25, 0.3) is 0 Å². The molecular weight excluding hydrogens is 332 g/mol. The third kappa shape index (κ3) is 5.40. The van der Waals surface area contributed by atoms with Crippen LogP contribution >= 0.6 is 0 Å². The summed E-state index contributed by atoms with van der Waals surface area (Å²) in [4.78, 5) is 12.2. The number of hydrogen-bond acceptors (Lipinski definition) is 3. The van der Waals surface area contributed by atoms with Crippen molar-refractivity contribution in [2.45, 2.75) is 83.3 Å². The van der Waals surface area contributed by atoms with Gasteiger partial charge in [-0.15, -0.1) is 0 Å². The van der Waals surface area contributed by atoms with Gasteiger partial charge in [-0.05, 0) is 61.6 Å². The molecule has 0 radical (unpaired) electrons. The number of carbonyl (C=O) groups excluding carboxylic acids is 1. The van der Waals surface area contributed by atoms with Crippen LogP contribution in [0.15, 0.2) is 18.2 Å². The zero-order valence-electron chi connectivity index (χ0n) is 16.0. The molecule has 0 saturated carbocycles. The van der Waals surface area contributed by atoms with Gasteiger partial charge in [0.1, 0.15) is 5.78 Å². The molecule has 0 heterocycles. The molecule has 0 bridgehead atoms. The second-order valence-electron chi connectivity index (χ2n) is 7.94. The van der Waals surface area contributed by atoms with Crippen LogP contribution in [-0.4, -0.2) is 25.2 Å². The Balaban J connectivity index is 1.75. The van der Waals surface area contributed by atoms with E-state index < -0.39 is 9.84 Å². The third-order valence-electron chi connectivity index (χ3n) is 5.42. The lowest BCUT2D eigenvalue weighted by atomic mass is 9.97. The highest BCUT2D eigenvalue weighted by Gasteiger charge is 2.25. The van der Waals surface area contributed by atoms with Crippen LogP contribution in [-0.2, 0) is 21.1 Å². The minimum Gasteiger partial charge on any atom is -0.299 e. The number of sulfone groups is 1. The molecule has 1 aliphatic rings. The normalized spacial score (nSPS) is 20.0. The number of hydrogen-bond donors (Lipinski definition) is 0. The van der Waals surface area contributed by atoms with Crippen LogP contribution in [0.3, 0.4) is 0 Å². The number of ketones is 1. The van der Waals surface area contributed by atoms with Crippen molar-refractivity contribution in [3.63, 3.8) is 0 Å². The van der Waals surface area contributed by atoms with Gasteiger partial charge in [0.05, 0.1) is 11.0 Å². The van der Waals surface area contributed by atoms with E-state index in [1.165, 1.54) is 17.5 Å². The second kappa shape index (κ2) is 8.48. The van der Waals surface area contributed by atoms with Crippen molar-refractivity contribution >= 4 is 15.6 Å². The molecule has 0 spiro atoms. The molecule has 1 aromatic carbocycles. The molecule has 2 unspecified atom stereocenters. The lowest BCUT2D eigenvalue weighted by Crippen LogP contribution is -2.17. The van der Waals surface area contributed by atoms with Gasteiger partial charge >= 0.3 is 0 Å². The average molecular weight is 365 g/mol. The Labute approximate surface area is 153 Å². The SMILES string of the molecule is CC1CC(C)c2cc(CC(=O)CCCCCS(=O)(=O)C(C)C)ccc21. The topological polar surface area (TPSA) is 51.2 Å². The monoisotopic (exact) mass is 364 g/mol. The summed E-state index contributed by atoms with van der Waals surface area (Å²) in [6.07, 6.45) is 4.48.